The maximum Gasteiger partial charge on any atom is 0.416 e. The number of nitrogen functional groups attached to an aromatic ring is 1. The van der Waals surface area contributed by atoms with E-state index in [1.807, 2.05) is 0 Å². The molecule has 11 heteroatoms. The molecule has 0 amide bonds. The lowest BCUT2D eigenvalue weighted by atomic mass is 9.98. The third kappa shape index (κ3) is 3.76. The van der Waals surface area contributed by atoms with E-state index in [1.165, 1.54) is 14.2 Å². The minimum atomic E-state index is -4.65. The van der Waals surface area contributed by atoms with Crippen LogP contribution in [-0.4, -0.2) is 25.3 Å². The maximum atomic E-state index is 12.9. The first kappa shape index (κ1) is 18.8. The molecule has 0 saturated heterocycles. The van der Waals surface area contributed by atoms with Crippen LogP contribution in [0.15, 0.2) is 23.0 Å². The number of thiol groups is 1. The Bertz CT molecular complexity index is 944. The minimum absolute atomic E-state index is 0.0340. The summed E-state index contributed by atoms with van der Waals surface area (Å²) in [7, 11) is -0.503. The van der Waals surface area contributed by atoms with Gasteiger partial charge in [-0.05, 0) is 23.3 Å². The van der Waals surface area contributed by atoms with Gasteiger partial charge in [-0.15, -0.1) is 0 Å². The van der Waals surface area contributed by atoms with E-state index in [4.69, 9.17) is 10.5 Å². The highest BCUT2D eigenvalue weighted by atomic mass is 32.2. The van der Waals surface area contributed by atoms with Gasteiger partial charge in [-0.3, -0.25) is 4.79 Å². The summed E-state index contributed by atoms with van der Waals surface area (Å²) in [5.74, 6) is -1.08. The van der Waals surface area contributed by atoms with Gasteiger partial charge in [-0.1, -0.05) is 6.07 Å². The molecule has 2 aromatic rings. The number of benzene rings is 1. The van der Waals surface area contributed by atoms with E-state index in [2.05, 4.69) is 5.10 Å². The van der Waals surface area contributed by atoms with Crippen LogP contribution in [0.5, 0.6) is 5.75 Å². The SMILES string of the molecule is COc1c(-c2ccc(C(F)(F)F)cc2C[SH](=O)=O)c(N)nn(C)c1=O. The average molecular weight is 377 g/mol. The van der Waals surface area contributed by atoms with Crippen molar-refractivity contribution in [2.45, 2.75) is 11.9 Å². The molecule has 25 heavy (non-hydrogen) atoms. The summed E-state index contributed by atoms with van der Waals surface area (Å²) >= 11 is 0. The largest absolute Gasteiger partial charge is 0.490 e. The molecule has 1 aromatic carbocycles. The van der Waals surface area contributed by atoms with E-state index in [1.54, 1.807) is 0 Å². The molecule has 0 aliphatic rings. The molecule has 0 unspecified atom stereocenters. The number of methoxy groups -OCH3 is 1. The van der Waals surface area contributed by atoms with Gasteiger partial charge in [0.05, 0.1) is 24.0 Å². The third-order valence-corrected chi connectivity index (χ3v) is 4.03. The molecule has 2 rings (SSSR count). The highest BCUT2D eigenvalue weighted by molar-refractivity contribution is 7.71. The fraction of sp³-hybridized carbons (Fsp3) is 0.286. The van der Waals surface area contributed by atoms with Crippen molar-refractivity contribution >= 4 is 16.5 Å². The van der Waals surface area contributed by atoms with Crippen LogP contribution in [0, 0.1) is 0 Å². The van der Waals surface area contributed by atoms with Gasteiger partial charge in [-0.25, -0.2) is 13.1 Å². The number of ether oxygens (including phenoxy) is 1. The number of nitrogens with two attached hydrogens (primary N) is 1. The smallest absolute Gasteiger partial charge is 0.416 e. The third-order valence-electron chi connectivity index (χ3n) is 3.43. The highest BCUT2D eigenvalue weighted by Gasteiger charge is 2.32. The van der Waals surface area contributed by atoms with Gasteiger partial charge >= 0.3 is 11.7 Å². The van der Waals surface area contributed by atoms with E-state index < -0.39 is 33.8 Å². The number of halogens is 3. The molecular formula is C14H14F3N3O4S. The van der Waals surface area contributed by atoms with Gasteiger partial charge in [-0.2, -0.15) is 18.3 Å². The maximum absolute atomic E-state index is 12.9. The number of anilines is 1. The minimum Gasteiger partial charge on any atom is -0.490 e. The number of nitrogens with zero attached hydrogens (tertiary/aromatic N) is 2. The molecule has 0 spiro atoms. The fourth-order valence-electron chi connectivity index (χ4n) is 2.36. The second kappa shape index (κ2) is 6.75. The number of rotatable bonds is 4. The molecule has 0 bridgehead atoms. The Kier molecular flexibility index (Phi) is 5.07. The molecule has 1 aromatic heterocycles. The van der Waals surface area contributed by atoms with E-state index in [0.717, 1.165) is 16.8 Å². The van der Waals surface area contributed by atoms with E-state index in [9.17, 15) is 26.4 Å². The quantitative estimate of drug-likeness (QED) is 0.775. The summed E-state index contributed by atoms with van der Waals surface area (Å²) in [5.41, 5.74) is 3.94. The van der Waals surface area contributed by atoms with Crippen molar-refractivity contribution in [2.75, 3.05) is 12.8 Å². The van der Waals surface area contributed by atoms with Crippen molar-refractivity contribution in [3.8, 4) is 16.9 Å². The first-order valence-electron chi connectivity index (χ1n) is 6.79. The molecule has 0 aliphatic carbocycles. The van der Waals surface area contributed by atoms with Crippen molar-refractivity contribution in [3.05, 3.63) is 39.7 Å². The first-order chi connectivity index (χ1) is 11.6. The van der Waals surface area contributed by atoms with Gasteiger partial charge in [0.1, 0.15) is 10.7 Å². The molecule has 0 aliphatic heterocycles. The molecule has 0 saturated carbocycles. The van der Waals surface area contributed by atoms with Crippen molar-refractivity contribution in [2.24, 2.45) is 7.05 Å². The Morgan fingerprint density at radius 1 is 1.32 bits per heavy atom. The van der Waals surface area contributed by atoms with Gasteiger partial charge in [0, 0.05) is 7.05 Å². The predicted molar refractivity (Wildman–Crippen MR) is 84.9 cm³/mol. The van der Waals surface area contributed by atoms with Gasteiger partial charge < -0.3 is 10.5 Å². The summed E-state index contributed by atoms with van der Waals surface area (Å²) in [5, 5.41) is 3.78. The predicted octanol–water partition coefficient (Wildman–Crippen LogP) is 1.17. The summed E-state index contributed by atoms with van der Waals surface area (Å²) in [6.45, 7) is 0. The lowest BCUT2D eigenvalue weighted by Gasteiger charge is -2.16. The number of alkyl halides is 3. The van der Waals surface area contributed by atoms with Crippen molar-refractivity contribution < 1.29 is 26.3 Å². The highest BCUT2D eigenvalue weighted by Crippen LogP contribution is 2.37. The summed E-state index contributed by atoms with van der Waals surface area (Å²) in [6.07, 6.45) is -4.65. The Balaban J connectivity index is 2.84. The van der Waals surface area contributed by atoms with Crippen LogP contribution in [0.2, 0.25) is 0 Å². The lowest BCUT2D eigenvalue weighted by Crippen LogP contribution is -2.23. The van der Waals surface area contributed by atoms with E-state index in [-0.39, 0.29) is 28.3 Å². The molecule has 0 fully saturated rings. The van der Waals surface area contributed by atoms with Gasteiger partial charge in [0.25, 0.3) is 0 Å². The standard InChI is InChI=1S/C14H14F3N3O4S/c1-20-13(21)11(24-2)10(12(18)19-20)9-4-3-8(14(15,16)17)5-7(9)6-25(22)23/h3-5,25H,6H2,1-2H3,(H2,18,19). The molecular weight excluding hydrogens is 363 g/mol. The molecule has 0 atom stereocenters. The molecule has 136 valence electrons. The number of hydrogen-bond acceptors (Lipinski definition) is 6. The number of hydrogen-bond donors (Lipinski definition) is 2. The number of aryl methyl sites for hydroxylation is 1. The van der Waals surface area contributed by atoms with E-state index in [0.29, 0.717) is 6.07 Å². The normalized spacial score (nSPS) is 11.8. The first-order valence-corrected chi connectivity index (χ1v) is 8.15. The van der Waals surface area contributed by atoms with Crippen molar-refractivity contribution in [3.63, 3.8) is 0 Å². The van der Waals surface area contributed by atoms with Gasteiger partial charge in [0.15, 0.2) is 11.6 Å². The number of aromatic nitrogens is 2. The molecule has 2 N–H and O–H groups in total. The Morgan fingerprint density at radius 2 is 1.96 bits per heavy atom. The molecule has 1 heterocycles. The zero-order chi connectivity index (χ0) is 18.9. The summed E-state index contributed by atoms with van der Waals surface area (Å²) in [6, 6.07) is 2.52. The zero-order valence-corrected chi connectivity index (χ0v) is 14.0. The second-order valence-electron chi connectivity index (χ2n) is 5.08. The van der Waals surface area contributed by atoms with Gasteiger partial charge in [0.2, 0.25) is 0 Å². The Labute approximate surface area is 141 Å². The van der Waals surface area contributed by atoms with Crippen LogP contribution in [0.1, 0.15) is 11.1 Å². The lowest BCUT2D eigenvalue weighted by molar-refractivity contribution is -0.137. The summed E-state index contributed by atoms with van der Waals surface area (Å²) < 4.78 is 66.9. The average Bonchev–Trinajstić information content (AvgIpc) is 2.49. The van der Waals surface area contributed by atoms with Crippen LogP contribution >= 0.6 is 0 Å². The topological polar surface area (TPSA) is 104 Å². The van der Waals surface area contributed by atoms with Crippen LogP contribution in [-0.2, 0) is 29.7 Å². The molecule has 7 nitrogen and oxygen atoms in total. The van der Waals surface area contributed by atoms with Crippen molar-refractivity contribution in [1.82, 2.24) is 9.78 Å². The van der Waals surface area contributed by atoms with Crippen LogP contribution in [0.3, 0.4) is 0 Å². The van der Waals surface area contributed by atoms with Crippen molar-refractivity contribution in [1.29, 1.82) is 0 Å². The Morgan fingerprint density at radius 3 is 2.48 bits per heavy atom. The Hall–Kier alpha value is -2.56. The van der Waals surface area contributed by atoms with E-state index >= 15 is 0 Å². The van der Waals surface area contributed by atoms with Crippen LogP contribution < -0.4 is 16.0 Å². The monoisotopic (exact) mass is 377 g/mol. The van der Waals surface area contributed by atoms with Crippen LogP contribution in [0.4, 0.5) is 19.0 Å². The summed E-state index contributed by atoms with van der Waals surface area (Å²) in [4.78, 5) is 12.1. The fourth-order valence-corrected chi connectivity index (χ4v) is 2.90. The van der Waals surface area contributed by atoms with Crippen LogP contribution in [0.25, 0.3) is 11.1 Å². The zero-order valence-electron chi connectivity index (χ0n) is 13.1. The second-order valence-corrected chi connectivity index (χ2v) is 6.06. The molecule has 0 radical (unpaired) electrons.